The van der Waals surface area contributed by atoms with Crippen LogP contribution >= 0.6 is 0 Å². The molecule has 0 atom stereocenters. The quantitative estimate of drug-likeness (QED) is 0.722. The molecular weight excluding hydrogens is 391 g/mol. The predicted molar refractivity (Wildman–Crippen MR) is 109 cm³/mol. The first-order valence-electron chi connectivity index (χ1n) is 10.6. The van der Waals surface area contributed by atoms with E-state index in [0.717, 1.165) is 69.8 Å². The summed E-state index contributed by atoms with van der Waals surface area (Å²) in [4.78, 5) is 13.9. The largest absolute Gasteiger partial charge is 0.416 e. The Morgan fingerprint density at radius 2 is 2.00 bits per heavy atom. The van der Waals surface area contributed by atoms with E-state index in [4.69, 9.17) is 5.26 Å². The smallest absolute Gasteiger partial charge is 0.352 e. The number of carbonyl (C=O) groups excluding carboxylic acids is 1. The van der Waals surface area contributed by atoms with E-state index in [9.17, 15) is 18.0 Å². The third-order valence-electron chi connectivity index (χ3n) is 6.16. The molecule has 2 aliphatic rings. The van der Waals surface area contributed by atoms with Gasteiger partial charge in [-0.1, -0.05) is 18.2 Å². The number of halogens is 3. The molecule has 1 aliphatic carbocycles. The van der Waals surface area contributed by atoms with E-state index < -0.39 is 11.7 Å². The lowest BCUT2D eigenvalue weighted by Crippen LogP contribution is -2.38. The molecule has 4 nitrogen and oxygen atoms in total. The van der Waals surface area contributed by atoms with Crippen LogP contribution in [0.2, 0.25) is 0 Å². The maximum atomic E-state index is 12.9. The zero-order chi connectivity index (χ0) is 21.6. The van der Waals surface area contributed by atoms with E-state index in [1.807, 2.05) is 6.07 Å². The summed E-state index contributed by atoms with van der Waals surface area (Å²) < 4.78 is 38.8. The molecule has 1 aromatic carbocycles. The molecule has 1 aliphatic heterocycles. The monoisotopic (exact) mass is 419 g/mol. The molecular formula is C23H28F3N3O. The van der Waals surface area contributed by atoms with Crippen LogP contribution in [-0.4, -0.2) is 36.5 Å². The summed E-state index contributed by atoms with van der Waals surface area (Å²) in [5.74, 6) is 0.459. The van der Waals surface area contributed by atoms with Crippen molar-refractivity contribution in [1.82, 2.24) is 10.2 Å². The summed E-state index contributed by atoms with van der Waals surface area (Å²) in [7, 11) is 0. The Balaban J connectivity index is 1.42. The van der Waals surface area contributed by atoms with Gasteiger partial charge in [-0.15, -0.1) is 0 Å². The SMILES string of the molecule is N#CCC(=O)N[C@H]1CC[C@H](CCN2CC=C(c3cccc(C(F)(F)F)c3)CC2)CC1. The maximum absolute atomic E-state index is 12.9. The van der Waals surface area contributed by atoms with Crippen molar-refractivity contribution in [2.45, 2.75) is 57.2 Å². The number of benzene rings is 1. The zero-order valence-electron chi connectivity index (χ0n) is 17.0. The number of nitriles is 1. The Labute approximate surface area is 175 Å². The van der Waals surface area contributed by atoms with E-state index in [1.54, 1.807) is 6.07 Å². The highest BCUT2D eigenvalue weighted by molar-refractivity contribution is 5.78. The van der Waals surface area contributed by atoms with Gasteiger partial charge in [-0.05, 0) is 74.3 Å². The Morgan fingerprint density at radius 3 is 2.63 bits per heavy atom. The minimum atomic E-state index is -4.31. The Hall–Kier alpha value is -2.33. The Bertz CT molecular complexity index is 805. The molecule has 0 unspecified atom stereocenters. The molecule has 0 spiro atoms. The fourth-order valence-corrected chi connectivity index (χ4v) is 4.38. The van der Waals surface area contributed by atoms with E-state index in [2.05, 4.69) is 16.3 Å². The lowest BCUT2D eigenvalue weighted by atomic mass is 9.84. The minimum absolute atomic E-state index is 0.0785. The number of hydrogen-bond donors (Lipinski definition) is 1. The van der Waals surface area contributed by atoms with Gasteiger partial charge in [0, 0.05) is 19.1 Å². The predicted octanol–water partition coefficient (Wildman–Crippen LogP) is 4.77. The van der Waals surface area contributed by atoms with Crippen LogP contribution < -0.4 is 5.32 Å². The highest BCUT2D eigenvalue weighted by Gasteiger charge is 2.30. The van der Waals surface area contributed by atoms with Crippen molar-refractivity contribution in [3.8, 4) is 6.07 Å². The molecule has 1 fully saturated rings. The van der Waals surface area contributed by atoms with Gasteiger partial charge in [-0.2, -0.15) is 18.4 Å². The van der Waals surface area contributed by atoms with Gasteiger partial charge in [0.15, 0.2) is 0 Å². The van der Waals surface area contributed by atoms with Crippen molar-refractivity contribution in [3.63, 3.8) is 0 Å². The standard InChI is InChI=1S/C23H28F3N3O/c24-23(25,26)20-3-1-2-19(16-20)18-10-14-29(15-11-18)13-9-17-4-6-21(7-5-17)28-22(30)8-12-27/h1-3,10,16-17,21H,4-9,11,13-15H2,(H,28,30)/t17-,21-. The van der Waals surface area contributed by atoms with Gasteiger partial charge in [-0.25, -0.2) is 0 Å². The normalized spacial score (nSPS) is 22.8. The van der Waals surface area contributed by atoms with Crippen LogP contribution in [0.3, 0.4) is 0 Å². The second-order valence-electron chi connectivity index (χ2n) is 8.27. The van der Waals surface area contributed by atoms with Gasteiger partial charge >= 0.3 is 6.18 Å². The number of amides is 1. The third-order valence-corrected chi connectivity index (χ3v) is 6.16. The molecule has 0 bridgehead atoms. The van der Waals surface area contributed by atoms with Crippen molar-refractivity contribution < 1.29 is 18.0 Å². The molecule has 1 saturated carbocycles. The van der Waals surface area contributed by atoms with Gasteiger partial charge in [0.2, 0.25) is 5.91 Å². The molecule has 1 amide bonds. The van der Waals surface area contributed by atoms with Gasteiger partial charge in [0.1, 0.15) is 6.42 Å². The summed E-state index contributed by atoms with van der Waals surface area (Å²) in [6, 6.07) is 7.65. The van der Waals surface area contributed by atoms with Crippen LogP contribution in [0.5, 0.6) is 0 Å². The number of hydrogen-bond acceptors (Lipinski definition) is 3. The van der Waals surface area contributed by atoms with Crippen LogP contribution in [0.25, 0.3) is 5.57 Å². The van der Waals surface area contributed by atoms with E-state index in [0.29, 0.717) is 11.5 Å². The van der Waals surface area contributed by atoms with Crippen LogP contribution in [-0.2, 0) is 11.0 Å². The maximum Gasteiger partial charge on any atom is 0.416 e. The molecule has 1 aromatic rings. The molecule has 0 saturated heterocycles. The topological polar surface area (TPSA) is 56.1 Å². The molecule has 7 heteroatoms. The van der Waals surface area contributed by atoms with Crippen LogP contribution in [0.4, 0.5) is 13.2 Å². The first-order valence-corrected chi connectivity index (χ1v) is 10.6. The third kappa shape index (κ3) is 6.33. The Morgan fingerprint density at radius 1 is 1.23 bits per heavy atom. The summed E-state index contributed by atoms with van der Waals surface area (Å²) in [6.07, 6.45) is 3.61. The van der Waals surface area contributed by atoms with Crippen molar-refractivity contribution >= 4 is 11.5 Å². The molecule has 0 radical (unpaired) electrons. The van der Waals surface area contributed by atoms with Gasteiger partial charge in [0.05, 0.1) is 11.6 Å². The summed E-state index contributed by atoms with van der Waals surface area (Å²) >= 11 is 0. The van der Waals surface area contributed by atoms with Crippen molar-refractivity contribution in [3.05, 3.63) is 41.5 Å². The number of carbonyl (C=O) groups is 1. The Kier molecular flexibility index (Phi) is 7.54. The van der Waals surface area contributed by atoms with E-state index >= 15 is 0 Å². The highest BCUT2D eigenvalue weighted by Crippen LogP contribution is 2.32. The van der Waals surface area contributed by atoms with Gasteiger partial charge < -0.3 is 5.32 Å². The lowest BCUT2D eigenvalue weighted by molar-refractivity contribution is -0.137. The summed E-state index contributed by atoms with van der Waals surface area (Å²) in [6.45, 7) is 2.62. The van der Waals surface area contributed by atoms with E-state index in [-0.39, 0.29) is 18.4 Å². The molecule has 1 heterocycles. The summed E-state index contributed by atoms with van der Waals surface area (Å²) in [5.41, 5.74) is 1.06. The van der Waals surface area contributed by atoms with Crippen molar-refractivity contribution in [2.24, 2.45) is 5.92 Å². The molecule has 0 aromatic heterocycles. The van der Waals surface area contributed by atoms with Crippen LogP contribution in [0.1, 0.15) is 56.1 Å². The van der Waals surface area contributed by atoms with Gasteiger partial charge in [0.25, 0.3) is 0 Å². The minimum Gasteiger partial charge on any atom is -0.352 e. The summed E-state index contributed by atoms with van der Waals surface area (Å²) in [5, 5.41) is 11.5. The number of nitrogens with one attached hydrogen (secondary N) is 1. The average Bonchev–Trinajstić information content (AvgIpc) is 2.73. The average molecular weight is 419 g/mol. The lowest BCUT2D eigenvalue weighted by Gasteiger charge is -2.32. The van der Waals surface area contributed by atoms with Crippen LogP contribution in [0.15, 0.2) is 30.3 Å². The molecule has 30 heavy (non-hydrogen) atoms. The molecule has 3 rings (SSSR count). The first-order chi connectivity index (χ1) is 14.3. The second kappa shape index (κ2) is 10.1. The van der Waals surface area contributed by atoms with Crippen molar-refractivity contribution in [2.75, 3.05) is 19.6 Å². The number of nitrogens with zero attached hydrogens (tertiary/aromatic N) is 2. The van der Waals surface area contributed by atoms with Crippen molar-refractivity contribution in [1.29, 1.82) is 5.26 Å². The number of rotatable bonds is 6. The second-order valence-corrected chi connectivity index (χ2v) is 8.27. The highest BCUT2D eigenvalue weighted by atomic mass is 19.4. The number of alkyl halides is 3. The first kappa shape index (κ1) is 22.4. The van der Waals surface area contributed by atoms with Gasteiger partial charge in [-0.3, -0.25) is 9.69 Å². The fourth-order valence-electron chi connectivity index (χ4n) is 4.38. The molecule has 1 N–H and O–H groups in total. The molecule has 162 valence electrons. The van der Waals surface area contributed by atoms with E-state index in [1.165, 1.54) is 12.1 Å². The van der Waals surface area contributed by atoms with Crippen LogP contribution in [0, 0.1) is 17.2 Å². The fraction of sp³-hybridized carbons (Fsp3) is 0.565. The zero-order valence-corrected chi connectivity index (χ0v) is 17.0.